The second-order valence-electron chi connectivity index (χ2n) is 6.75. The summed E-state index contributed by atoms with van der Waals surface area (Å²) >= 11 is 3.43. The lowest BCUT2D eigenvalue weighted by molar-refractivity contribution is -0.121. The fraction of sp³-hybridized carbons (Fsp3) is 0.588. The molecule has 0 aromatic heterocycles. The van der Waals surface area contributed by atoms with E-state index in [0.29, 0.717) is 0 Å². The summed E-state index contributed by atoms with van der Waals surface area (Å²) < 4.78 is 0. The number of nitrogens with one attached hydrogen (secondary N) is 1. The average Bonchev–Trinajstić information content (AvgIpc) is 2.36. The summed E-state index contributed by atoms with van der Waals surface area (Å²) in [5, 5.41) is 3.05. The smallest absolute Gasteiger partial charge is 0.234 e. The van der Waals surface area contributed by atoms with Crippen molar-refractivity contribution in [3.8, 4) is 0 Å². The van der Waals surface area contributed by atoms with E-state index in [1.807, 2.05) is 20.8 Å². The van der Waals surface area contributed by atoms with Gasteiger partial charge in [0.15, 0.2) is 0 Å². The van der Waals surface area contributed by atoms with Gasteiger partial charge < -0.3 is 5.32 Å². The lowest BCUT2D eigenvalue weighted by Gasteiger charge is -2.22. The van der Waals surface area contributed by atoms with Crippen LogP contribution < -0.4 is 5.32 Å². The van der Waals surface area contributed by atoms with Gasteiger partial charge in [0.1, 0.15) is 0 Å². The van der Waals surface area contributed by atoms with Crippen LogP contribution in [0.5, 0.6) is 0 Å². The second-order valence-corrected chi connectivity index (χ2v) is 7.73. The molecule has 0 saturated heterocycles. The van der Waals surface area contributed by atoms with E-state index < -0.39 is 0 Å². The number of alkyl halides is 1. The summed E-state index contributed by atoms with van der Waals surface area (Å²) in [5.74, 6) is 0.331. The zero-order valence-corrected chi connectivity index (χ0v) is 14.9. The van der Waals surface area contributed by atoms with Gasteiger partial charge in [-0.15, -0.1) is 0 Å². The van der Waals surface area contributed by atoms with E-state index in [-0.39, 0.29) is 28.1 Å². The molecule has 112 valence electrons. The summed E-state index contributed by atoms with van der Waals surface area (Å²) in [6, 6.07) is 8.52. The Morgan fingerprint density at radius 1 is 1.10 bits per heavy atom. The van der Waals surface area contributed by atoms with E-state index in [1.165, 1.54) is 5.56 Å². The molecule has 0 radical (unpaired) electrons. The van der Waals surface area contributed by atoms with Crippen LogP contribution in [0.1, 0.15) is 58.7 Å². The summed E-state index contributed by atoms with van der Waals surface area (Å²) in [7, 11) is 0. The van der Waals surface area contributed by atoms with Gasteiger partial charge in [-0.05, 0) is 29.4 Å². The van der Waals surface area contributed by atoms with Crippen LogP contribution in [-0.4, -0.2) is 10.7 Å². The SMILES string of the molecule is CC(NC(=O)C(Br)C(C)C)c1ccc(C(C)(C)C)cc1. The summed E-state index contributed by atoms with van der Waals surface area (Å²) in [6.45, 7) is 12.7. The molecular weight excluding hydrogens is 314 g/mol. The van der Waals surface area contributed by atoms with Crippen LogP contribution >= 0.6 is 15.9 Å². The Morgan fingerprint density at radius 2 is 1.60 bits per heavy atom. The number of rotatable bonds is 4. The molecule has 1 amide bonds. The molecule has 0 aliphatic carbocycles. The van der Waals surface area contributed by atoms with Crippen molar-refractivity contribution in [3.63, 3.8) is 0 Å². The van der Waals surface area contributed by atoms with Crippen LogP contribution in [0.15, 0.2) is 24.3 Å². The van der Waals surface area contributed by atoms with Crippen molar-refractivity contribution in [2.75, 3.05) is 0 Å². The zero-order valence-electron chi connectivity index (χ0n) is 13.3. The van der Waals surface area contributed by atoms with Crippen molar-refractivity contribution in [3.05, 3.63) is 35.4 Å². The monoisotopic (exact) mass is 339 g/mol. The van der Waals surface area contributed by atoms with E-state index in [2.05, 4.69) is 66.3 Å². The molecule has 2 unspecified atom stereocenters. The maximum absolute atomic E-state index is 12.0. The van der Waals surface area contributed by atoms with Crippen LogP contribution in [0.4, 0.5) is 0 Å². The van der Waals surface area contributed by atoms with E-state index in [0.717, 1.165) is 5.56 Å². The van der Waals surface area contributed by atoms with Crippen molar-refractivity contribution in [1.82, 2.24) is 5.32 Å². The topological polar surface area (TPSA) is 29.1 Å². The molecular formula is C17H26BrNO. The maximum Gasteiger partial charge on any atom is 0.234 e. The van der Waals surface area contributed by atoms with Gasteiger partial charge in [-0.2, -0.15) is 0 Å². The molecule has 0 fully saturated rings. The first-order valence-electron chi connectivity index (χ1n) is 7.18. The molecule has 1 aromatic carbocycles. The van der Waals surface area contributed by atoms with Crippen molar-refractivity contribution in [2.24, 2.45) is 5.92 Å². The van der Waals surface area contributed by atoms with Gasteiger partial charge in [-0.25, -0.2) is 0 Å². The highest BCUT2D eigenvalue weighted by Gasteiger charge is 2.21. The first-order chi connectivity index (χ1) is 9.12. The van der Waals surface area contributed by atoms with Gasteiger partial charge in [-0.3, -0.25) is 4.79 Å². The maximum atomic E-state index is 12.0. The number of halogens is 1. The van der Waals surface area contributed by atoms with Crippen LogP contribution in [0.3, 0.4) is 0 Å². The van der Waals surface area contributed by atoms with Crippen LogP contribution in [0.25, 0.3) is 0 Å². The normalized spacial score (nSPS) is 15.0. The predicted octanol–water partition coefficient (Wildman–Crippen LogP) is 4.58. The Hall–Kier alpha value is -0.830. The number of carbonyl (C=O) groups excluding carboxylic acids is 1. The third-order valence-electron chi connectivity index (χ3n) is 3.47. The largest absolute Gasteiger partial charge is 0.349 e. The van der Waals surface area contributed by atoms with Gasteiger partial charge >= 0.3 is 0 Å². The fourth-order valence-corrected chi connectivity index (χ4v) is 2.08. The lowest BCUT2D eigenvalue weighted by atomic mass is 9.86. The summed E-state index contributed by atoms with van der Waals surface area (Å²) in [4.78, 5) is 11.9. The minimum Gasteiger partial charge on any atom is -0.349 e. The third kappa shape index (κ3) is 4.62. The molecule has 20 heavy (non-hydrogen) atoms. The fourth-order valence-electron chi connectivity index (χ4n) is 1.95. The lowest BCUT2D eigenvalue weighted by Crippen LogP contribution is -2.35. The highest BCUT2D eigenvalue weighted by atomic mass is 79.9. The molecule has 1 rings (SSSR count). The van der Waals surface area contributed by atoms with Crippen LogP contribution in [0, 0.1) is 5.92 Å². The van der Waals surface area contributed by atoms with Crippen LogP contribution in [0.2, 0.25) is 0 Å². The quantitative estimate of drug-likeness (QED) is 0.799. The van der Waals surface area contributed by atoms with Gasteiger partial charge in [0.25, 0.3) is 0 Å². The molecule has 0 bridgehead atoms. The molecule has 0 aliphatic rings. The Bertz CT molecular complexity index is 445. The molecule has 1 aromatic rings. The molecule has 2 nitrogen and oxygen atoms in total. The Morgan fingerprint density at radius 3 is 2.00 bits per heavy atom. The van der Waals surface area contributed by atoms with Crippen molar-refractivity contribution in [1.29, 1.82) is 0 Å². The number of carbonyl (C=O) groups is 1. The highest BCUT2D eigenvalue weighted by Crippen LogP contribution is 2.24. The standard InChI is InChI=1S/C17H26BrNO/c1-11(2)15(18)16(20)19-12(3)13-7-9-14(10-8-13)17(4,5)6/h7-12,15H,1-6H3,(H,19,20). The number of hydrogen-bond acceptors (Lipinski definition) is 1. The highest BCUT2D eigenvalue weighted by molar-refractivity contribution is 9.10. The Labute approximate surface area is 131 Å². The molecule has 0 heterocycles. The number of amides is 1. The second kappa shape index (κ2) is 6.75. The number of hydrogen-bond donors (Lipinski definition) is 1. The minimum absolute atomic E-state index is 0.0234. The molecule has 1 N–H and O–H groups in total. The van der Waals surface area contributed by atoms with Crippen molar-refractivity contribution >= 4 is 21.8 Å². The molecule has 0 saturated carbocycles. The van der Waals surface area contributed by atoms with E-state index in [1.54, 1.807) is 0 Å². The first kappa shape index (κ1) is 17.2. The summed E-state index contributed by atoms with van der Waals surface area (Å²) in [6.07, 6.45) is 0. The summed E-state index contributed by atoms with van der Waals surface area (Å²) in [5.41, 5.74) is 2.60. The van der Waals surface area contributed by atoms with Gasteiger partial charge in [-0.1, -0.05) is 74.8 Å². The molecule has 2 atom stereocenters. The third-order valence-corrected chi connectivity index (χ3v) is 4.94. The van der Waals surface area contributed by atoms with E-state index in [4.69, 9.17) is 0 Å². The zero-order chi connectivity index (χ0) is 15.5. The van der Waals surface area contributed by atoms with E-state index in [9.17, 15) is 4.79 Å². The molecule has 3 heteroatoms. The average molecular weight is 340 g/mol. The number of benzene rings is 1. The van der Waals surface area contributed by atoms with Gasteiger partial charge in [0, 0.05) is 0 Å². The van der Waals surface area contributed by atoms with Crippen LogP contribution in [-0.2, 0) is 10.2 Å². The molecule has 0 aliphatic heterocycles. The Kier molecular flexibility index (Phi) is 5.81. The van der Waals surface area contributed by atoms with Gasteiger partial charge in [0.05, 0.1) is 10.9 Å². The molecule has 0 spiro atoms. The Balaban J connectivity index is 2.74. The van der Waals surface area contributed by atoms with Gasteiger partial charge in [0.2, 0.25) is 5.91 Å². The van der Waals surface area contributed by atoms with Crippen molar-refractivity contribution in [2.45, 2.75) is 57.8 Å². The minimum atomic E-state index is -0.140. The van der Waals surface area contributed by atoms with E-state index >= 15 is 0 Å². The predicted molar refractivity (Wildman–Crippen MR) is 89.3 cm³/mol. The van der Waals surface area contributed by atoms with Crippen molar-refractivity contribution < 1.29 is 4.79 Å². The first-order valence-corrected chi connectivity index (χ1v) is 8.09.